The van der Waals surface area contributed by atoms with Crippen molar-refractivity contribution in [3.8, 4) is 6.01 Å². The molecule has 0 saturated carbocycles. The van der Waals surface area contributed by atoms with Crippen LogP contribution < -0.4 is 9.64 Å². The Bertz CT molecular complexity index is 464. The molecular formula is C14H21ClN4O. The van der Waals surface area contributed by atoms with Gasteiger partial charge in [-0.2, -0.15) is 4.98 Å². The summed E-state index contributed by atoms with van der Waals surface area (Å²) in [6.07, 6.45) is 6.75. The van der Waals surface area contributed by atoms with Crippen LogP contribution in [0.25, 0.3) is 0 Å². The highest BCUT2D eigenvalue weighted by molar-refractivity contribution is 6.32. The fourth-order valence-corrected chi connectivity index (χ4v) is 3.43. The summed E-state index contributed by atoms with van der Waals surface area (Å²) >= 11 is 6.26. The molecule has 0 radical (unpaired) electrons. The molecule has 2 saturated heterocycles. The van der Waals surface area contributed by atoms with E-state index in [4.69, 9.17) is 16.3 Å². The summed E-state index contributed by atoms with van der Waals surface area (Å²) < 4.78 is 5.11. The first kappa shape index (κ1) is 13.9. The van der Waals surface area contributed by atoms with Gasteiger partial charge in [0.25, 0.3) is 0 Å². The van der Waals surface area contributed by atoms with E-state index in [-0.39, 0.29) is 0 Å². The maximum atomic E-state index is 6.26. The molecule has 1 unspecified atom stereocenters. The Morgan fingerprint density at radius 1 is 1.25 bits per heavy atom. The molecule has 20 heavy (non-hydrogen) atoms. The van der Waals surface area contributed by atoms with E-state index in [2.05, 4.69) is 19.8 Å². The first-order valence-electron chi connectivity index (χ1n) is 7.33. The number of rotatable bonds is 3. The van der Waals surface area contributed by atoms with E-state index in [1.54, 1.807) is 13.3 Å². The molecule has 2 aliphatic heterocycles. The molecule has 0 bridgehead atoms. The highest BCUT2D eigenvalue weighted by Gasteiger charge is 2.28. The average molecular weight is 297 g/mol. The van der Waals surface area contributed by atoms with E-state index < -0.39 is 0 Å². The van der Waals surface area contributed by atoms with Crippen molar-refractivity contribution in [1.29, 1.82) is 0 Å². The lowest BCUT2D eigenvalue weighted by atomic mass is 10.0. The lowest BCUT2D eigenvalue weighted by Crippen LogP contribution is -2.47. The summed E-state index contributed by atoms with van der Waals surface area (Å²) in [7, 11) is 1.58. The monoisotopic (exact) mass is 296 g/mol. The second kappa shape index (κ2) is 6.14. The summed E-state index contributed by atoms with van der Waals surface area (Å²) in [5.41, 5.74) is 0. The van der Waals surface area contributed by atoms with Crippen LogP contribution in [0.4, 0.5) is 5.82 Å². The van der Waals surface area contributed by atoms with Crippen LogP contribution in [-0.2, 0) is 0 Å². The summed E-state index contributed by atoms with van der Waals surface area (Å²) in [5.74, 6) is 0.808. The lowest BCUT2D eigenvalue weighted by molar-refractivity contribution is 0.215. The largest absolute Gasteiger partial charge is 0.467 e. The van der Waals surface area contributed by atoms with Gasteiger partial charge in [0.15, 0.2) is 5.82 Å². The normalized spacial score (nSPS) is 24.1. The minimum Gasteiger partial charge on any atom is -0.467 e. The second-order valence-corrected chi connectivity index (χ2v) is 5.92. The molecule has 2 aliphatic rings. The minimum absolute atomic E-state index is 0.382. The Kier molecular flexibility index (Phi) is 4.27. The van der Waals surface area contributed by atoms with Crippen LogP contribution >= 0.6 is 11.6 Å². The molecule has 110 valence electrons. The molecule has 3 heterocycles. The van der Waals surface area contributed by atoms with Gasteiger partial charge in [0.05, 0.1) is 13.3 Å². The average Bonchev–Trinajstić information content (AvgIpc) is 3.02. The van der Waals surface area contributed by atoms with Gasteiger partial charge in [-0.05, 0) is 38.8 Å². The number of anilines is 1. The fraction of sp³-hybridized carbons (Fsp3) is 0.714. The van der Waals surface area contributed by atoms with Gasteiger partial charge in [0.2, 0.25) is 0 Å². The van der Waals surface area contributed by atoms with Gasteiger partial charge in [-0.15, -0.1) is 0 Å². The van der Waals surface area contributed by atoms with Gasteiger partial charge in [0.1, 0.15) is 5.02 Å². The zero-order valence-electron chi connectivity index (χ0n) is 11.9. The van der Waals surface area contributed by atoms with Gasteiger partial charge in [-0.25, -0.2) is 4.98 Å². The zero-order chi connectivity index (χ0) is 13.9. The van der Waals surface area contributed by atoms with Crippen LogP contribution in [0.3, 0.4) is 0 Å². The second-order valence-electron chi connectivity index (χ2n) is 5.51. The number of nitrogens with zero attached hydrogens (tertiary/aromatic N) is 4. The Labute approximate surface area is 124 Å². The predicted molar refractivity (Wildman–Crippen MR) is 79.6 cm³/mol. The number of piperidine rings is 1. The van der Waals surface area contributed by atoms with E-state index in [1.807, 2.05) is 0 Å². The number of methoxy groups -OCH3 is 1. The van der Waals surface area contributed by atoms with Crippen LogP contribution in [-0.4, -0.2) is 54.2 Å². The quantitative estimate of drug-likeness (QED) is 0.855. The topological polar surface area (TPSA) is 41.5 Å². The number of hydrogen-bond donors (Lipinski definition) is 0. The molecule has 1 atom stereocenters. The predicted octanol–water partition coefficient (Wildman–Crippen LogP) is 2.20. The molecule has 5 nitrogen and oxygen atoms in total. The lowest BCUT2D eigenvalue weighted by Gasteiger charge is -2.38. The minimum atomic E-state index is 0.382. The summed E-state index contributed by atoms with van der Waals surface area (Å²) in [6, 6.07) is 1.01. The van der Waals surface area contributed by atoms with Gasteiger partial charge in [0, 0.05) is 19.1 Å². The molecule has 2 fully saturated rings. The maximum Gasteiger partial charge on any atom is 0.318 e. The number of hydrogen-bond acceptors (Lipinski definition) is 5. The van der Waals surface area contributed by atoms with E-state index >= 15 is 0 Å². The van der Waals surface area contributed by atoms with Crippen LogP contribution in [0.5, 0.6) is 6.01 Å². The first-order valence-corrected chi connectivity index (χ1v) is 7.71. The van der Waals surface area contributed by atoms with Crippen molar-refractivity contribution < 1.29 is 4.74 Å². The smallest absolute Gasteiger partial charge is 0.318 e. The van der Waals surface area contributed by atoms with Crippen LogP contribution in [0, 0.1) is 0 Å². The molecule has 1 aromatic rings. The zero-order valence-corrected chi connectivity index (χ0v) is 12.6. The Morgan fingerprint density at radius 2 is 2.05 bits per heavy atom. The maximum absolute atomic E-state index is 6.26. The van der Waals surface area contributed by atoms with Gasteiger partial charge >= 0.3 is 6.01 Å². The summed E-state index contributed by atoms with van der Waals surface area (Å²) in [6.45, 7) is 4.47. The van der Waals surface area contributed by atoms with Gasteiger partial charge in [-0.1, -0.05) is 11.6 Å². The van der Waals surface area contributed by atoms with Crippen molar-refractivity contribution in [2.45, 2.75) is 31.7 Å². The molecular weight excluding hydrogens is 276 g/mol. The molecule has 3 rings (SSSR count). The third-order valence-corrected chi connectivity index (χ3v) is 4.51. The van der Waals surface area contributed by atoms with Crippen molar-refractivity contribution in [1.82, 2.24) is 14.9 Å². The van der Waals surface area contributed by atoms with Crippen LogP contribution in [0.2, 0.25) is 5.02 Å². The SMILES string of the molecule is COc1ncc(Cl)c(N2CCCC(N3CCCC3)C2)n1. The first-order chi connectivity index (χ1) is 9.78. The van der Waals surface area contributed by atoms with Crippen LogP contribution in [0.1, 0.15) is 25.7 Å². The standard InChI is InChI=1S/C14H21ClN4O/c1-20-14-16-9-12(15)13(17-14)19-8-4-5-11(10-19)18-6-2-3-7-18/h9,11H,2-8,10H2,1H3. The van der Waals surface area contributed by atoms with Crippen molar-refractivity contribution in [2.75, 3.05) is 38.2 Å². The molecule has 0 amide bonds. The van der Waals surface area contributed by atoms with Crippen LogP contribution in [0.15, 0.2) is 6.20 Å². The molecule has 0 aliphatic carbocycles. The third kappa shape index (κ3) is 2.83. The Balaban J connectivity index is 1.75. The van der Waals surface area contributed by atoms with Crippen molar-refractivity contribution in [3.63, 3.8) is 0 Å². The Morgan fingerprint density at radius 3 is 2.80 bits per heavy atom. The third-order valence-electron chi connectivity index (χ3n) is 4.24. The number of aromatic nitrogens is 2. The summed E-state index contributed by atoms with van der Waals surface area (Å²) in [4.78, 5) is 13.4. The molecule has 0 spiro atoms. The number of ether oxygens (including phenoxy) is 1. The van der Waals surface area contributed by atoms with Crippen molar-refractivity contribution in [3.05, 3.63) is 11.2 Å². The van der Waals surface area contributed by atoms with E-state index in [1.165, 1.54) is 38.8 Å². The summed E-state index contributed by atoms with van der Waals surface area (Å²) in [5, 5.41) is 0.605. The number of halogens is 1. The van der Waals surface area contributed by atoms with E-state index in [0.29, 0.717) is 17.1 Å². The highest BCUT2D eigenvalue weighted by Crippen LogP contribution is 2.29. The van der Waals surface area contributed by atoms with E-state index in [0.717, 1.165) is 18.9 Å². The van der Waals surface area contributed by atoms with Crippen molar-refractivity contribution >= 4 is 17.4 Å². The molecule has 0 N–H and O–H groups in total. The van der Waals surface area contributed by atoms with E-state index in [9.17, 15) is 0 Å². The molecule has 0 aromatic carbocycles. The molecule has 6 heteroatoms. The van der Waals surface area contributed by atoms with Crippen molar-refractivity contribution in [2.24, 2.45) is 0 Å². The molecule has 1 aromatic heterocycles. The number of likely N-dealkylation sites (tertiary alicyclic amines) is 1. The highest BCUT2D eigenvalue weighted by atomic mass is 35.5. The van der Waals surface area contributed by atoms with Gasteiger partial charge < -0.3 is 9.64 Å². The fourth-order valence-electron chi connectivity index (χ4n) is 3.21. The Hall–Kier alpha value is -1.07. The van der Waals surface area contributed by atoms with Gasteiger partial charge in [-0.3, -0.25) is 4.90 Å².